The van der Waals surface area contributed by atoms with Crippen molar-refractivity contribution in [2.24, 2.45) is 5.14 Å². The van der Waals surface area contributed by atoms with Crippen LogP contribution in [0.2, 0.25) is 0 Å². The highest BCUT2D eigenvalue weighted by Crippen LogP contribution is 2.30. The number of H-pyrrole nitrogens is 1. The Morgan fingerprint density at radius 1 is 1.16 bits per heavy atom. The summed E-state index contributed by atoms with van der Waals surface area (Å²) in [4.78, 5) is 31.3. The predicted octanol–water partition coefficient (Wildman–Crippen LogP) is 2.32. The minimum absolute atomic E-state index is 0.0808. The quantitative estimate of drug-likeness (QED) is 0.272. The number of carbonyl (C=O) groups excluding carboxylic acids is 2. The zero-order chi connectivity index (χ0) is 27.1. The van der Waals surface area contributed by atoms with Crippen LogP contribution in [-0.4, -0.2) is 56.5 Å². The number of aromatic nitrogens is 1. The Labute approximate surface area is 221 Å². The molecule has 0 unspecified atom stereocenters. The molecule has 12 heteroatoms. The average Bonchev–Trinajstić information content (AvgIpc) is 3.27. The van der Waals surface area contributed by atoms with Gasteiger partial charge in [-0.05, 0) is 55.0 Å². The Kier molecular flexibility index (Phi) is 8.87. The number of carbonyl (C=O) groups is 2. The topological polar surface area (TPSA) is 156 Å². The van der Waals surface area contributed by atoms with E-state index in [-0.39, 0.29) is 19.1 Å². The Balaban J connectivity index is 1.42. The van der Waals surface area contributed by atoms with Crippen molar-refractivity contribution in [3.8, 4) is 5.75 Å². The second-order valence-electron chi connectivity index (χ2n) is 9.20. The molecule has 1 atom stereocenters. The molecule has 0 saturated carbocycles. The van der Waals surface area contributed by atoms with Crippen molar-refractivity contribution in [2.75, 3.05) is 20.2 Å². The molecular formula is C26H33N5O6S. The number of ether oxygens (including phenoxy) is 2. The van der Waals surface area contributed by atoms with E-state index in [2.05, 4.69) is 15.0 Å². The van der Waals surface area contributed by atoms with Crippen LogP contribution in [0, 0.1) is 0 Å². The van der Waals surface area contributed by atoms with Gasteiger partial charge in [-0.15, -0.1) is 0 Å². The lowest BCUT2D eigenvalue weighted by Crippen LogP contribution is -2.50. The van der Waals surface area contributed by atoms with Crippen molar-refractivity contribution < 1.29 is 27.5 Å². The minimum atomic E-state index is -3.78. The molecule has 38 heavy (non-hydrogen) atoms. The molecule has 0 radical (unpaired) electrons. The fourth-order valence-corrected chi connectivity index (χ4v) is 5.04. The third-order valence-electron chi connectivity index (χ3n) is 6.52. The standard InChI is InChI=1S/C26H33N5O6S/c1-36-19-10-11-22-21(15-19)20-12-14-31(16-24(20)29-22)25(32)23(9-5-6-13-28-38(27,34)35)30-26(33)37-17-18-7-3-2-4-8-18/h2-4,7-8,10-11,15,23,28-29H,5-6,9,12-14,16-17H2,1H3,(H,30,33)(H2,27,34,35)/t23-/m0/s1. The van der Waals surface area contributed by atoms with Crippen LogP contribution in [0.5, 0.6) is 5.75 Å². The molecule has 0 fully saturated rings. The van der Waals surface area contributed by atoms with E-state index >= 15 is 0 Å². The number of rotatable bonds is 11. The number of aromatic amines is 1. The van der Waals surface area contributed by atoms with Gasteiger partial charge in [0.05, 0.1) is 13.7 Å². The number of nitrogens with one attached hydrogen (secondary N) is 3. The smallest absolute Gasteiger partial charge is 0.408 e. The van der Waals surface area contributed by atoms with E-state index in [1.165, 1.54) is 0 Å². The normalized spacial score (nSPS) is 14.1. The zero-order valence-electron chi connectivity index (χ0n) is 21.2. The molecule has 0 saturated heterocycles. The molecule has 5 N–H and O–H groups in total. The number of nitrogens with zero attached hydrogens (tertiary/aromatic N) is 1. The maximum atomic E-state index is 13.5. The second-order valence-corrected chi connectivity index (χ2v) is 10.6. The summed E-state index contributed by atoms with van der Waals surface area (Å²) in [6.45, 7) is 1.11. The lowest BCUT2D eigenvalue weighted by Gasteiger charge is -2.31. The van der Waals surface area contributed by atoms with Crippen molar-refractivity contribution in [3.63, 3.8) is 0 Å². The molecule has 1 aliphatic rings. The number of methoxy groups -OCH3 is 1. The maximum absolute atomic E-state index is 13.5. The van der Waals surface area contributed by atoms with Crippen LogP contribution in [0.1, 0.15) is 36.1 Å². The summed E-state index contributed by atoms with van der Waals surface area (Å²) in [7, 11) is -2.15. The molecule has 4 rings (SSSR count). The Bertz CT molecular complexity index is 1380. The number of nitrogens with two attached hydrogens (primary N) is 1. The van der Waals surface area contributed by atoms with Crippen molar-refractivity contribution in [1.82, 2.24) is 19.9 Å². The van der Waals surface area contributed by atoms with E-state index in [1.807, 2.05) is 48.5 Å². The average molecular weight is 544 g/mol. The van der Waals surface area contributed by atoms with Gasteiger partial charge in [0, 0.05) is 29.7 Å². The summed E-state index contributed by atoms with van der Waals surface area (Å²) in [5, 5.41) is 8.76. The molecular weight excluding hydrogens is 510 g/mol. The first-order valence-electron chi connectivity index (χ1n) is 12.4. The van der Waals surface area contributed by atoms with Crippen molar-refractivity contribution in [1.29, 1.82) is 0 Å². The number of unbranched alkanes of at least 4 members (excludes halogenated alkanes) is 1. The van der Waals surface area contributed by atoms with E-state index in [0.29, 0.717) is 38.8 Å². The monoisotopic (exact) mass is 543 g/mol. The third kappa shape index (κ3) is 7.24. The van der Waals surface area contributed by atoms with Gasteiger partial charge in [-0.2, -0.15) is 8.42 Å². The molecule has 0 spiro atoms. The van der Waals surface area contributed by atoms with E-state index in [9.17, 15) is 18.0 Å². The molecule has 1 aliphatic heterocycles. The predicted molar refractivity (Wildman–Crippen MR) is 142 cm³/mol. The first kappa shape index (κ1) is 27.4. The number of fused-ring (bicyclic) bond motifs is 3. The highest BCUT2D eigenvalue weighted by molar-refractivity contribution is 7.87. The lowest BCUT2D eigenvalue weighted by molar-refractivity contribution is -0.134. The van der Waals surface area contributed by atoms with Crippen LogP contribution in [0.25, 0.3) is 10.9 Å². The molecule has 2 amide bonds. The minimum Gasteiger partial charge on any atom is -0.497 e. The van der Waals surface area contributed by atoms with Gasteiger partial charge in [0.1, 0.15) is 18.4 Å². The molecule has 1 aromatic heterocycles. The number of benzene rings is 2. The summed E-state index contributed by atoms with van der Waals surface area (Å²) >= 11 is 0. The van der Waals surface area contributed by atoms with Crippen LogP contribution in [0.3, 0.4) is 0 Å². The summed E-state index contributed by atoms with van der Waals surface area (Å²) < 4.78 is 35.1. The summed E-state index contributed by atoms with van der Waals surface area (Å²) in [5.41, 5.74) is 3.92. The summed E-state index contributed by atoms with van der Waals surface area (Å²) in [6, 6.07) is 14.3. The largest absolute Gasteiger partial charge is 0.497 e. The molecule has 2 heterocycles. The maximum Gasteiger partial charge on any atom is 0.408 e. The van der Waals surface area contributed by atoms with Crippen LogP contribution in [0.4, 0.5) is 4.79 Å². The van der Waals surface area contributed by atoms with Gasteiger partial charge in [-0.25, -0.2) is 14.7 Å². The number of hydrogen-bond donors (Lipinski definition) is 4. The van der Waals surface area contributed by atoms with Gasteiger partial charge in [0.25, 0.3) is 10.2 Å². The molecule has 3 aromatic rings. The van der Waals surface area contributed by atoms with E-state index in [0.717, 1.165) is 33.5 Å². The van der Waals surface area contributed by atoms with Gasteiger partial charge < -0.3 is 24.7 Å². The fourth-order valence-electron chi connectivity index (χ4n) is 4.61. The number of amides is 2. The van der Waals surface area contributed by atoms with Crippen LogP contribution < -0.4 is 19.9 Å². The highest BCUT2D eigenvalue weighted by Gasteiger charge is 2.30. The number of hydrogen-bond acceptors (Lipinski definition) is 6. The fraction of sp³-hybridized carbons (Fsp3) is 0.385. The van der Waals surface area contributed by atoms with Crippen molar-refractivity contribution in [2.45, 2.75) is 44.9 Å². The second kappa shape index (κ2) is 12.3. The van der Waals surface area contributed by atoms with E-state index in [4.69, 9.17) is 14.6 Å². The third-order valence-corrected chi connectivity index (χ3v) is 7.13. The molecule has 2 aromatic carbocycles. The molecule has 204 valence electrons. The summed E-state index contributed by atoms with van der Waals surface area (Å²) in [6.07, 6.45) is 1.24. The Morgan fingerprint density at radius 3 is 2.68 bits per heavy atom. The molecule has 0 aliphatic carbocycles. The van der Waals surface area contributed by atoms with Gasteiger partial charge in [0.2, 0.25) is 5.91 Å². The van der Waals surface area contributed by atoms with Gasteiger partial charge >= 0.3 is 6.09 Å². The van der Waals surface area contributed by atoms with Gasteiger partial charge in [0.15, 0.2) is 0 Å². The lowest BCUT2D eigenvalue weighted by atomic mass is 10.0. The molecule has 11 nitrogen and oxygen atoms in total. The van der Waals surface area contributed by atoms with Crippen molar-refractivity contribution >= 4 is 33.1 Å². The first-order chi connectivity index (χ1) is 18.2. The van der Waals surface area contributed by atoms with Crippen LogP contribution >= 0.6 is 0 Å². The van der Waals surface area contributed by atoms with Crippen LogP contribution in [-0.2, 0) is 39.3 Å². The highest BCUT2D eigenvalue weighted by atomic mass is 32.2. The Morgan fingerprint density at radius 2 is 1.95 bits per heavy atom. The first-order valence-corrected chi connectivity index (χ1v) is 14.0. The zero-order valence-corrected chi connectivity index (χ0v) is 22.1. The number of alkyl carbamates (subject to hydrolysis) is 1. The van der Waals surface area contributed by atoms with Gasteiger partial charge in [-0.3, -0.25) is 4.79 Å². The van der Waals surface area contributed by atoms with E-state index < -0.39 is 22.3 Å². The Hall–Kier alpha value is -3.61. The summed E-state index contributed by atoms with van der Waals surface area (Å²) in [5.74, 6) is 0.552. The SMILES string of the molecule is COc1ccc2[nH]c3c(c2c1)CCN(C(=O)[C@H](CCCCNS(N)(=O)=O)NC(=O)OCc1ccccc1)C3. The van der Waals surface area contributed by atoms with Crippen molar-refractivity contribution in [3.05, 3.63) is 65.4 Å². The van der Waals surface area contributed by atoms with Gasteiger partial charge in [-0.1, -0.05) is 30.3 Å². The van der Waals surface area contributed by atoms with Crippen LogP contribution in [0.15, 0.2) is 48.5 Å². The van der Waals surface area contributed by atoms with E-state index in [1.54, 1.807) is 12.0 Å². The molecule has 0 bridgehead atoms.